The quantitative estimate of drug-likeness (QED) is 0.157. The second kappa shape index (κ2) is 16.1. The largest absolute Gasteiger partial charge is 0.265 e. The van der Waals surface area contributed by atoms with Gasteiger partial charge in [-0.15, -0.1) is 12.0 Å². The lowest BCUT2D eigenvalue weighted by atomic mass is 10.2. The van der Waals surface area contributed by atoms with E-state index in [1.165, 1.54) is 55.6 Å². The van der Waals surface area contributed by atoms with Gasteiger partial charge in [-0.25, -0.2) is 0 Å². The van der Waals surface area contributed by atoms with Gasteiger partial charge in [0.05, 0.1) is 0 Å². The van der Waals surface area contributed by atoms with E-state index in [9.17, 15) is 0 Å². The summed E-state index contributed by atoms with van der Waals surface area (Å²) in [7, 11) is -1.25. The predicted octanol–water partition coefficient (Wildman–Crippen LogP) is 9.69. The highest BCUT2D eigenvalue weighted by Gasteiger charge is 2.26. The molecule has 4 nitrogen and oxygen atoms in total. The lowest BCUT2D eigenvalue weighted by Gasteiger charge is -2.03. The molecule has 3 saturated carbocycles. The highest BCUT2D eigenvalue weighted by molar-refractivity contribution is 9.10. The predicted molar refractivity (Wildman–Crippen MR) is 186 cm³/mol. The van der Waals surface area contributed by atoms with Crippen LogP contribution < -0.4 is 0 Å². The third-order valence-corrected chi connectivity index (χ3v) is 8.58. The van der Waals surface area contributed by atoms with E-state index in [2.05, 4.69) is 101 Å². The van der Waals surface area contributed by atoms with Crippen LogP contribution >= 0.6 is 31.9 Å². The minimum atomic E-state index is -1.25. The maximum Gasteiger partial charge on any atom is 0.129 e. The van der Waals surface area contributed by atoms with Crippen LogP contribution in [0.15, 0.2) is 88.5 Å². The Morgan fingerprint density at radius 1 is 0.628 bits per heavy atom. The molecule has 4 aromatic heterocycles. The zero-order valence-electron chi connectivity index (χ0n) is 25.1. The molecule has 4 aromatic rings. The van der Waals surface area contributed by atoms with Crippen LogP contribution in [-0.4, -0.2) is 28.0 Å². The summed E-state index contributed by atoms with van der Waals surface area (Å²) >= 11 is 6.69. The molecule has 0 atom stereocenters. The molecule has 0 saturated heterocycles. The van der Waals surface area contributed by atoms with Crippen molar-refractivity contribution < 1.29 is 0 Å². The summed E-state index contributed by atoms with van der Waals surface area (Å²) in [6.07, 6.45) is 22.1. The smallest absolute Gasteiger partial charge is 0.129 e. The Hall–Kier alpha value is -3.10. The molecule has 0 N–H and O–H groups in total. The van der Waals surface area contributed by atoms with Gasteiger partial charge in [-0.05, 0) is 87.1 Å². The number of terminal acetylenes is 1. The molecule has 3 fully saturated rings. The Labute approximate surface area is 274 Å². The van der Waals surface area contributed by atoms with Crippen LogP contribution in [-0.2, 0) is 0 Å². The number of nitrogens with zero attached hydrogens (tertiary/aromatic N) is 4. The van der Waals surface area contributed by atoms with Crippen LogP contribution in [0.2, 0.25) is 19.6 Å². The van der Waals surface area contributed by atoms with E-state index in [-0.39, 0.29) is 0 Å². The molecule has 0 aromatic carbocycles. The van der Waals surface area contributed by atoms with Gasteiger partial charge < -0.3 is 0 Å². The van der Waals surface area contributed by atoms with Gasteiger partial charge >= 0.3 is 0 Å². The van der Waals surface area contributed by atoms with Crippen molar-refractivity contribution in [1.82, 2.24) is 19.9 Å². The monoisotopic (exact) mass is 712 g/mol. The highest BCUT2D eigenvalue weighted by atomic mass is 79.9. The first-order valence-corrected chi connectivity index (χ1v) is 19.9. The first-order valence-electron chi connectivity index (χ1n) is 14.8. The standard InChI is InChI=1S/C13H17NSi.C10H9N.C8H8BrN.C5H4BrN/c1-15(2,3)9-7-11-6-8-14-13(10-11)12-4-5-12;1-2-8-5-6-11-10(7-8)9-3-4-9;9-7-3-4-10-8(5-7)6-1-2-6;6-5-1-3-7-4-2-5/h6,8,10,12H,4-5H2,1-3H3;1,5-7,9H,3-4H2;3-6H,1-2H2;1-4H. The van der Waals surface area contributed by atoms with E-state index >= 15 is 0 Å². The fourth-order valence-corrected chi connectivity index (χ4v) is 4.99. The van der Waals surface area contributed by atoms with Gasteiger partial charge in [-0.1, -0.05) is 63.3 Å². The topological polar surface area (TPSA) is 51.6 Å². The molecule has 0 bridgehead atoms. The van der Waals surface area contributed by atoms with E-state index in [0.29, 0.717) is 5.92 Å². The Morgan fingerprint density at radius 3 is 1.49 bits per heavy atom. The maximum absolute atomic E-state index is 5.26. The van der Waals surface area contributed by atoms with Gasteiger partial charge in [-0.3, -0.25) is 19.9 Å². The molecule has 0 radical (unpaired) electrons. The third-order valence-electron chi connectivity index (χ3n) is 6.68. The van der Waals surface area contributed by atoms with Crippen molar-refractivity contribution in [2.75, 3.05) is 0 Å². The van der Waals surface area contributed by atoms with E-state index < -0.39 is 8.07 Å². The van der Waals surface area contributed by atoms with Crippen LogP contribution in [0.3, 0.4) is 0 Å². The van der Waals surface area contributed by atoms with Crippen LogP contribution in [0, 0.1) is 23.8 Å². The van der Waals surface area contributed by atoms with Gasteiger partial charge in [-0.2, -0.15) is 0 Å². The van der Waals surface area contributed by atoms with Crippen molar-refractivity contribution >= 4 is 39.9 Å². The third kappa shape index (κ3) is 13.0. The van der Waals surface area contributed by atoms with Gasteiger partial charge in [0.15, 0.2) is 0 Å². The van der Waals surface area contributed by atoms with Crippen LogP contribution in [0.1, 0.15) is 84.5 Å². The van der Waals surface area contributed by atoms with E-state index in [1.54, 1.807) is 18.6 Å². The number of pyridine rings is 4. The molecular formula is C36H38Br2N4Si. The fraction of sp³-hybridized carbons (Fsp3) is 0.333. The first-order chi connectivity index (χ1) is 20.7. The van der Waals surface area contributed by atoms with Crippen LogP contribution in [0.25, 0.3) is 0 Å². The van der Waals surface area contributed by atoms with Gasteiger partial charge in [0.1, 0.15) is 8.07 Å². The second-order valence-corrected chi connectivity index (χ2v) is 18.6. The van der Waals surface area contributed by atoms with E-state index in [0.717, 1.165) is 31.9 Å². The Kier molecular flexibility index (Phi) is 12.3. The Bertz CT molecular complexity index is 1570. The Morgan fingerprint density at radius 2 is 1.07 bits per heavy atom. The average Bonchev–Trinajstić information content (AvgIpc) is 3.85. The number of halogens is 2. The Balaban J connectivity index is 0.000000136. The molecule has 7 rings (SSSR count). The zero-order chi connectivity index (χ0) is 30.7. The lowest BCUT2D eigenvalue weighted by molar-refractivity contribution is 1.02. The zero-order valence-corrected chi connectivity index (χ0v) is 29.3. The molecule has 4 heterocycles. The summed E-state index contributed by atoms with van der Waals surface area (Å²) in [4.78, 5) is 16.7. The molecule has 7 heteroatoms. The van der Waals surface area contributed by atoms with Crippen molar-refractivity contribution in [2.24, 2.45) is 0 Å². The van der Waals surface area contributed by atoms with Crippen molar-refractivity contribution in [3.8, 4) is 23.8 Å². The minimum absolute atomic E-state index is 0.697. The number of hydrogen-bond acceptors (Lipinski definition) is 4. The van der Waals surface area contributed by atoms with Crippen molar-refractivity contribution in [3.05, 3.63) is 117 Å². The van der Waals surface area contributed by atoms with Gasteiger partial charge in [0, 0.05) is 85.9 Å². The molecule has 0 amide bonds. The fourth-order valence-electron chi connectivity index (χ4n) is 3.89. The van der Waals surface area contributed by atoms with Crippen molar-refractivity contribution in [1.29, 1.82) is 0 Å². The van der Waals surface area contributed by atoms with Crippen molar-refractivity contribution in [2.45, 2.75) is 75.9 Å². The molecule has 0 unspecified atom stereocenters. The maximum atomic E-state index is 5.26. The van der Waals surface area contributed by atoms with Gasteiger partial charge in [0.25, 0.3) is 0 Å². The average molecular weight is 715 g/mol. The number of rotatable bonds is 3. The molecule has 220 valence electrons. The number of aromatic nitrogens is 4. The van der Waals surface area contributed by atoms with E-state index in [4.69, 9.17) is 6.42 Å². The summed E-state index contributed by atoms with van der Waals surface area (Å²) in [6, 6.07) is 15.9. The van der Waals surface area contributed by atoms with Crippen LogP contribution in [0.5, 0.6) is 0 Å². The van der Waals surface area contributed by atoms with E-state index in [1.807, 2.05) is 48.8 Å². The molecule has 0 spiro atoms. The molecular weight excluding hydrogens is 676 g/mol. The summed E-state index contributed by atoms with van der Waals surface area (Å²) < 4.78 is 2.21. The summed E-state index contributed by atoms with van der Waals surface area (Å²) in [6.45, 7) is 6.80. The number of hydrogen-bond donors (Lipinski definition) is 0. The molecule has 43 heavy (non-hydrogen) atoms. The summed E-state index contributed by atoms with van der Waals surface area (Å²) in [5, 5.41) is 0. The normalized spacial score (nSPS) is 15.0. The first kappa shape index (κ1) is 32.8. The highest BCUT2D eigenvalue weighted by Crippen LogP contribution is 2.40. The molecule has 0 aliphatic heterocycles. The lowest BCUT2D eigenvalue weighted by Crippen LogP contribution is -2.16. The molecule has 3 aliphatic carbocycles. The van der Waals surface area contributed by atoms with Gasteiger partial charge in [0.2, 0.25) is 0 Å². The minimum Gasteiger partial charge on any atom is -0.265 e. The summed E-state index contributed by atoms with van der Waals surface area (Å²) in [5.41, 5.74) is 9.11. The van der Waals surface area contributed by atoms with Crippen molar-refractivity contribution in [3.63, 3.8) is 0 Å². The summed E-state index contributed by atoms with van der Waals surface area (Å²) in [5.74, 6) is 8.07. The van der Waals surface area contributed by atoms with Crippen LogP contribution in [0.4, 0.5) is 0 Å². The second-order valence-electron chi connectivity index (χ2n) is 12.0. The SMILES string of the molecule is Brc1ccnc(C2CC2)c1.Brc1ccncc1.C#Cc1ccnc(C2CC2)c1.C[Si](C)(C)C#Cc1ccnc(C2CC2)c1. The molecule has 3 aliphatic rings.